The molecule has 4 nitrogen and oxygen atoms in total. The van der Waals surface area contributed by atoms with Crippen LogP contribution >= 0.6 is 11.3 Å². The normalized spacial score (nSPS) is 10.6. The van der Waals surface area contributed by atoms with Gasteiger partial charge in [-0.25, -0.2) is 10.5 Å². The van der Waals surface area contributed by atoms with Crippen LogP contribution in [0, 0.1) is 0 Å². The summed E-state index contributed by atoms with van der Waals surface area (Å²) in [6.07, 6.45) is 1.80. The zero-order chi connectivity index (χ0) is 11.4. The molecular formula is C11H12N2O2S. The van der Waals surface area contributed by atoms with Crippen LogP contribution in [0.5, 0.6) is 0 Å². The van der Waals surface area contributed by atoms with E-state index in [1.807, 2.05) is 24.3 Å². The van der Waals surface area contributed by atoms with Crippen LogP contribution in [0.2, 0.25) is 0 Å². The molecule has 0 radical (unpaired) electrons. The molecule has 0 spiro atoms. The van der Waals surface area contributed by atoms with Crippen molar-refractivity contribution in [3.8, 4) is 0 Å². The maximum Gasteiger partial charge on any atom is 0.243 e. The topological polar surface area (TPSA) is 62.2 Å². The van der Waals surface area contributed by atoms with Crippen molar-refractivity contribution in [3.05, 3.63) is 29.3 Å². The summed E-state index contributed by atoms with van der Waals surface area (Å²) in [7, 11) is 0. The van der Waals surface area contributed by atoms with Crippen molar-refractivity contribution in [1.29, 1.82) is 0 Å². The highest BCUT2D eigenvalue weighted by Gasteiger charge is 2.04. The molecule has 1 heterocycles. The van der Waals surface area contributed by atoms with Crippen molar-refractivity contribution in [2.24, 2.45) is 0 Å². The number of hydroxylamine groups is 1. The van der Waals surface area contributed by atoms with E-state index in [2.05, 4.69) is 4.98 Å². The number of carbonyl (C=O) groups excluding carboxylic acids is 1. The zero-order valence-corrected chi connectivity index (χ0v) is 9.46. The van der Waals surface area contributed by atoms with Crippen LogP contribution in [0.3, 0.4) is 0 Å². The van der Waals surface area contributed by atoms with Crippen LogP contribution in [-0.4, -0.2) is 16.1 Å². The maximum atomic E-state index is 10.8. The van der Waals surface area contributed by atoms with Crippen LogP contribution in [0.4, 0.5) is 0 Å². The first kappa shape index (κ1) is 11.0. The van der Waals surface area contributed by atoms with E-state index in [9.17, 15) is 4.79 Å². The van der Waals surface area contributed by atoms with E-state index in [1.165, 1.54) is 4.70 Å². The van der Waals surface area contributed by atoms with E-state index in [0.29, 0.717) is 12.8 Å². The van der Waals surface area contributed by atoms with Crippen molar-refractivity contribution in [1.82, 2.24) is 10.5 Å². The van der Waals surface area contributed by atoms with Crippen molar-refractivity contribution in [2.45, 2.75) is 19.3 Å². The molecule has 0 unspecified atom stereocenters. The van der Waals surface area contributed by atoms with Gasteiger partial charge < -0.3 is 0 Å². The van der Waals surface area contributed by atoms with E-state index in [4.69, 9.17) is 5.21 Å². The molecule has 0 aliphatic heterocycles. The van der Waals surface area contributed by atoms with Gasteiger partial charge in [-0.2, -0.15) is 0 Å². The number of hydrogen-bond donors (Lipinski definition) is 2. The Kier molecular flexibility index (Phi) is 3.48. The van der Waals surface area contributed by atoms with Gasteiger partial charge in [-0.1, -0.05) is 12.1 Å². The Bertz CT molecular complexity index is 462. The number of aryl methyl sites for hydroxylation is 1. The smallest absolute Gasteiger partial charge is 0.243 e. The average Bonchev–Trinajstić information content (AvgIpc) is 2.71. The molecule has 2 N–H and O–H groups in total. The monoisotopic (exact) mass is 236 g/mol. The third-order valence-electron chi connectivity index (χ3n) is 2.26. The van der Waals surface area contributed by atoms with Gasteiger partial charge in [-0.15, -0.1) is 11.3 Å². The Labute approximate surface area is 96.9 Å². The molecule has 84 valence electrons. The summed E-state index contributed by atoms with van der Waals surface area (Å²) < 4.78 is 1.17. The summed E-state index contributed by atoms with van der Waals surface area (Å²) in [5.41, 5.74) is 2.63. The third-order valence-corrected chi connectivity index (χ3v) is 3.35. The SMILES string of the molecule is O=C(CCCc1nc2ccccc2s1)NO. The Balaban J connectivity index is 1.97. The number of fused-ring (bicyclic) bond motifs is 1. The summed E-state index contributed by atoms with van der Waals surface area (Å²) in [6, 6.07) is 7.97. The summed E-state index contributed by atoms with van der Waals surface area (Å²) >= 11 is 1.65. The van der Waals surface area contributed by atoms with Crippen molar-refractivity contribution in [2.75, 3.05) is 0 Å². The largest absolute Gasteiger partial charge is 0.289 e. The molecule has 1 aromatic heterocycles. The first-order valence-corrected chi connectivity index (χ1v) is 5.88. The number of nitrogens with zero attached hydrogens (tertiary/aromatic N) is 1. The average molecular weight is 236 g/mol. The summed E-state index contributed by atoms with van der Waals surface area (Å²) in [4.78, 5) is 15.3. The number of rotatable bonds is 4. The van der Waals surface area contributed by atoms with Crippen LogP contribution in [0.15, 0.2) is 24.3 Å². The lowest BCUT2D eigenvalue weighted by Gasteiger charge is -1.96. The predicted octanol–water partition coefficient (Wildman–Crippen LogP) is 2.12. The Hall–Kier alpha value is -1.46. The lowest BCUT2D eigenvalue weighted by atomic mass is 10.2. The van der Waals surface area contributed by atoms with Gasteiger partial charge >= 0.3 is 0 Å². The minimum absolute atomic E-state index is 0.326. The number of nitrogens with one attached hydrogen (secondary N) is 1. The first-order valence-electron chi connectivity index (χ1n) is 5.07. The van der Waals surface area contributed by atoms with E-state index in [-0.39, 0.29) is 5.91 Å². The zero-order valence-electron chi connectivity index (χ0n) is 8.64. The molecule has 1 aromatic carbocycles. The molecule has 5 heteroatoms. The van der Waals surface area contributed by atoms with Gasteiger partial charge in [-0.05, 0) is 25.0 Å². The van der Waals surface area contributed by atoms with E-state index in [1.54, 1.807) is 16.8 Å². The van der Waals surface area contributed by atoms with E-state index in [0.717, 1.165) is 16.9 Å². The van der Waals surface area contributed by atoms with Crippen LogP contribution in [0.1, 0.15) is 17.8 Å². The molecule has 2 rings (SSSR count). The van der Waals surface area contributed by atoms with Gasteiger partial charge in [0, 0.05) is 6.42 Å². The highest BCUT2D eigenvalue weighted by molar-refractivity contribution is 7.18. The highest BCUT2D eigenvalue weighted by atomic mass is 32.1. The standard InChI is InChI=1S/C11H12N2O2S/c14-10(13-15)6-3-7-11-12-8-4-1-2-5-9(8)16-11/h1-2,4-5,15H,3,6-7H2,(H,13,14). The van der Waals surface area contributed by atoms with E-state index < -0.39 is 0 Å². The van der Waals surface area contributed by atoms with Gasteiger partial charge in [0.25, 0.3) is 0 Å². The molecular weight excluding hydrogens is 224 g/mol. The number of carbonyl (C=O) groups is 1. The second kappa shape index (κ2) is 5.05. The maximum absolute atomic E-state index is 10.8. The predicted molar refractivity (Wildman–Crippen MR) is 62.5 cm³/mol. The summed E-state index contributed by atoms with van der Waals surface area (Å²) in [6.45, 7) is 0. The van der Waals surface area contributed by atoms with Crippen molar-refractivity contribution in [3.63, 3.8) is 0 Å². The molecule has 0 bridgehead atoms. The second-order valence-electron chi connectivity index (χ2n) is 3.46. The van der Waals surface area contributed by atoms with Gasteiger partial charge in [0.15, 0.2) is 0 Å². The fourth-order valence-electron chi connectivity index (χ4n) is 1.48. The fraction of sp³-hybridized carbons (Fsp3) is 0.273. The van der Waals surface area contributed by atoms with Crippen molar-refractivity contribution < 1.29 is 10.0 Å². The van der Waals surface area contributed by atoms with Gasteiger partial charge in [0.1, 0.15) is 0 Å². The number of amides is 1. The molecule has 0 aliphatic rings. The minimum atomic E-state index is -0.346. The second-order valence-corrected chi connectivity index (χ2v) is 4.58. The highest BCUT2D eigenvalue weighted by Crippen LogP contribution is 2.22. The summed E-state index contributed by atoms with van der Waals surface area (Å²) in [5.74, 6) is -0.346. The van der Waals surface area contributed by atoms with E-state index >= 15 is 0 Å². The Morgan fingerprint density at radius 3 is 3.00 bits per heavy atom. The fourth-order valence-corrected chi connectivity index (χ4v) is 2.49. The van der Waals surface area contributed by atoms with Gasteiger partial charge in [-0.3, -0.25) is 10.0 Å². The Morgan fingerprint density at radius 2 is 2.25 bits per heavy atom. The minimum Gasteiger partial charge on any atom is -0.289 e. The molecule has 16 heavy (non-hydrogen) atoms. The van der Waals surface area contributed by atoms with Crippen LogP contribution in [-0.2, 0) is 11.2 Å². The molecule has 0 atom stereocenters. The lowest BCUT2D eigenvalue weighted by molar-refractivity contribution is -0.129. The quantitative estimate of drug-likeness (QED) is 0.631. The molecule has 0 saturated heterocycles. The molecule has 0 fully saturated rings. The third kappa shape index (κ3) is 2.56. The van der Waals surface area contributed by atoms with Crippen LogP contribution < -0.4 is 5.48 Å². The number of para-hydroxylation sites is 1. The first-order chi connectivity index (χ1) is 7.79. The van der Waals surface area contributed by atoms with Crippen LogP contribution in [0.25, 0.3) is 10.2 Å². The number of benzene rings is 1. The van der Waals surface area contributed by atoms with Crippen molar-refractivity contribution >= 4 is 27.5 Å². The number of thiazole rings is 1. The molecule has 0 saturated carbocycles. The lowest BCUT2D eigenvalue weighted by Crippen LogP contribution is -2.17. The number of aromatic nitrogens is 1. The van der Waals surface area contributed by atoms with Gasteiger partial charge in [0.05, 0.1) is 15.2 Å². The molecule has 1 amide bonds. The van der Waals surface area contributed by atoms with Gasteiger partial charge in [0.2, 0.25) is 5.91 Å². The number of hydrogen-bond acceptors (Lipinski definition) is 4. The summed E-state index contributed by atoms with van der Waals surface area (Å²) in [5, 5.41) is 9.37. The molecule has 2 aromatic rings. The Morgan fingerprint density at radius 1 is 1.44 bits per heavy atom. The molecule has 0 aliphatic carbocycles.